The first-order chi connectivity index (χ1) is 8.84. The van der Waals surface area contributed by atoms with Gasteiger partial charge < -0.3 is 11.1 Å². The normalized spacial score (nSPS) is 12.4. The van der Waals surface area contributed by atoms with Crippen molar-refractivity contribution in [3.8, 4) is 0 Å². The zero-order valence-electron chi connectivity index (χ0n) is 12.1. The average Bonchev–Trinajstić information content (AvgIpc) is 2.37. The maximum atomic E-state index is 11.8. The van der Waals surface area contributed by atoms with E-state index in [1.165, 1.54) is 0 Å². The van der Waals surface area contributed by atoms with Crippen molar-refractivity contribution in [2.75, 3.05) is 12.3 Å². The van der Waals surface area contributed by atoms with Gasteiger partial charge in [-0.1, -0.05) is 12.1 Å². The van der Waals surface area contributed by atoms with Crippen LogP contribution in [0.5, 0.6) is 0 Å². The highest BCUT2D eigenvalue weighted by atomic mass is 35.5. The van der Waals surface area contributed by atoms with Gasteiger partial charge in [0.1, 0.15) is 0 Å². The number of halogens is 1. The van der Waals surface area contributed by atoms with Gasteiger partial charge in [-0.05, 0) is 38.5 Å². The number of nitrogens with one attached hydrogen (secondary N) is 1. The lowest BCUT2D eigenvalue weighted by Gasteiger charge is -2.17. The summed E-state index contributed by atoms with van der Waals surface area (Å²) in [7, 11) is -0.946. The highest BCUT2D eigenvalue weighted by Gasteiger charge is 2.18. The van der Waals surface area contributed by atoms with Crippen LogP contribution in [-0.4, -0.2) is 27.2 Å². The van der Waals surface area contributed by atoms with Crippen LogP contribution in [0.15, 0.2) is 24.3 Å². The molecule has 0 aromatic heterocycles. The molecule has 3 N–H and O–H groups in total. The van der Waals surface area contributed by atoms with Crippen LogP contribution < -0.4 is 11.1 Å². The van der Waals surface area contributed by atoms with Crippen LogP contribution in [0.25, 0.3) is 0 Å². The molecule has 0 saturated heterocycles. The highest BCUT2D eigenvalue weighted by molar-refractivity contribution is 7.86. The van der Waals surface area contributed by atoms with Crippen LogP contribution in [0.1, 0.15) is 36.7 Å². The predicted octanol–water partition coefficient (Wildman–Crippen LogP) is 1.84. The van der Waals surface area contributed by atoms with Crippen molar-refractivity contribution in [1.82, 2.24) is 5.32 Å². The molecule has 4 nitrogen and oxygen atoms in total. The van der Waals surface area contributed by atoms with Gasteiger partial charge in [-0.3, -0.25) is 9.00 Å². The van der Waals surface area contributed by atoms with Gasteiger partial charge in [0.25, 0.3) is 5.91 Å². The zero-order valence-corrected chi connectivity index (χ0v) is 13.8. The quantitative estimate of drug-likeness (QED) is 0.870. The van der Waals surface area contributed by atoms with E-state index in [9.17, 15) is 9.00 Å². The molecular weight excluding hydrogens is 296 g/mol. The van der Waals surface area contributed by atoms with E-state index >= 15 is 0 Å². The zero-order chi connectivity index (χ0) is 14.5. The van der Waals surface area contributed by atoms with E-state index < -0.39 is 10.8 Å². The molecule has 0 heterocycles. The van der Waals surface area contributed by atoms with Crippen molar-refractivity contribution >= 4 is 29.1 Å². The lowest BCUT2D eigenvalue weighted by molar-refractivity contribution is 0.0956. The molecule has 6 heteroatoms. The molecule has 0 radical (unpaired) electrons. The maximum absolute atomic E-state index is 11.8. The number of nitrogens with two attached hydrogens (primary N) is 1. The molecule has 0 spiro atoms. The molecule has 0 aliphatic carbocycles. The summed E-state index contributed by atoms with van der Waals surface area (Å²) in [5.41, 5.74) is 7.08. The van der Waals surface area contributed by atoms with Crippen molar-refractivity contribution in [3.63, 3.8) is 0 Å². The summed E-state index contributed by atoms with van der Waals surface area (Å²) in [4.78, 5) is 11.8. The Labute approximate surface area is 129 Å². The molecule has 114 valence electrons. The molecule has 0 bridgehead atoms. The topological polar surface area (TPSA) is 72.2 Å². The van der Waals surface area contributed by atoms with E-state index in [0.29, 0.717) is 24.4 Å². The van der Waals surface area contributed by atoms with Crippen molar-refractivity contribution in [2.24, 2.45) is 5.73 Å². The van der Waals surface area contributed by atoms with Gasteiger partial charge in [-0.15, -0.1) is 12.4 Å². The average molecular weight is 319 g/mol. The Balaban J connectivity index is 0.00000361. The minimum Gasteiger partial charge on any atom is -0.351 e. The maximum Gasteiger partial charge on any atom is 0.251 e. The Morgan fingerprint density at radius 2 is 1.80 bits per heavy atom. The number of hydrogen-bond donors (Lipinski definition) is 2. The fraction of sp³-hybridized carbons (Fsp3) is 0.500. The van der Waals surface area contributed by atoms with Gasteiger partial charge in [0.05, 0.1) is 0 Å². The molecule has 0 aliphatic rings. The Hall–Kier alpha value is -0.910. The van der Waals surface area contributed by atoms with E-state index in [4.69, 9.17) is 5.73 Å². The first-order valence-electron chi connectivity index (χ1n) is 6.30. The second kappa shape index (κ2) is 8.39. The van der Waals surface area contributed by atoms with Gasteiger partial charge in [0.15, 0.2) is 0 Å². The summed E-state index contributed by atoms with van der Waals surface area (Å²) >= 11 is 0. The largest absolute Gasteiger partial charge is 0.351 e. The molecule has 0 saturated carbocycles. The number of amides is 1. The van der Waals surface area contributed by atoms with E-state index in [1.54, 1.807) is 12.1 Å². The summed E-state index contributed by atoms with van der Waals surface area (Å²) in [5.74, 6) is 0.324. The molecular formula is C14H23ClN2O2S. The van der Waals surface area contributed by atoms with Gasteiger partial charge >= 0.3 is 0 Å². The van der Waals surface area contributed by atoms with E-state index in [2.05, 4.69) is 5.32 Å². The van der Waals surface area contributed by atoms with Gasteiger partial charge in [-0.2, -0.15) is 0 Å². The summed E-state index contributed by atoms with van der Waals surface area (Å²) in [6.45, 7) is 6.66. The fourth-order valence-corrected chi connectivity index (χ4v) is 2.36. The molecule has 0 aliphatic heterocycles. The third-order valence-corrected chi connectivity index (χ3v) is 4.65. The predicted molar refractivity (Wildman–Crippen MR) is 86.7 cm³/mol. The monoisotopic (exact) mass is 318 g/mol. The molecule has 1 aromatic carbocycles. The van der Waals surface area contributed by atoms with Crippen molar-refractivity contribution in [1.29, 1.82) is 0 Å². The van der Waals surface area contributed by atoms with Crippen LogP contribution >= 0.6 is 12.4 Å². The summed E-state index contributed by atoms with van der Waals surface area (Å²) in [6.07, 6.45) is 0. The van der Waals surface area contributed by atoms with E-state index in [-0.39, 0.29) is 23.1 Å². The highest BCUT2D eigenvalue weighted by Crippen LogP contribution is 2.10. The number of carbonyl (C=O) groups excluding carboxylic acids is 1. The van der Waals surface area contributed by atoms with Crippen LogP contribution in [-0.2, 0) is 17.3 Å². The van der Waals surface area contributed by atoms with Crippen molar-refractivity contribution in [2.45, 2.75) is 32.1 Å². The second-order valence-electron chi connectivity index (χ2n) is 5.32. The van der Waals surface area contributed by atoms with Crippen LogP contribution in [0, 0.1) is 0 Å². The van der Waals surface area contributed by atoms with E-state index in [1.807, 2.05) is 32.9 Å². The van der Waals surface area contributed by atoms with E-state index in [0.717, 1.165) is 5.56 Å². The third kappa shape index (κ3) is 6.03. The molecule has 1 amide bonds. The number of rotatable bonds is 5. The van der Waals surface area contributed by atoms with Gasteiger partial charge in [-0.25, -0.2) is 0 Å². The Bertz CT molecular complexity index is 455. The summed E-state index contributed by atoms with van der Waals surface area (Å²) < 4.78 is 11.6. The Kier molecular flexibility index (Phi) is 8.01. The lowest BCUT2D eigenvalue weighted by Crippen LogP contribution is -2.32. The number of benzene rings is 1. The molecule has 1 unspecified atom stereocenters. The minimum atomic E-state index is -0.946. The third-order valence-electron chi connectivity index (χ3n) is 2.71. The fourth-order valence-electron chi connectivity index (χ4n) is 1.46. The molecule has 1 rings (SSSR count). The molecule has 1 atom stereocenters. The Morgan fingerprint density at radius 1 is 1.25 bits per heavy atom. The minimum absolute atomic E-state index is 0. The van der Waals surface area contributed by atoms with Gasteiger partial charge in [0.2, 0.25) is 0 Å². The lowest BCUT2D eigenvalue weighted by atomic mass is 10.1. The standard InChI is InChI=1S/C14H22N2O2S.ClH/c1-14(2,3)19(18)9-8-16-13(17)12-6-4-11(10-15)5-7-12;/h4-7H,8-10,15H2,1-3H3,(H,16,17);1H. The summed E-state index contributed by atoms with van der Waals surface area (Å²) in [6, 6.07) is 7.17. The second-order valence-corrected chi connectivity index (χ2v) is 7.64. The van der Waals surface area contributed by atoms with Gasteiger partial charge in [0, 0.05) is 40.0 Å². The van der Waals surface area contributed by atoms with Crippen molar-refractivity contribution < 1.29 is 9.00 Å². The Morgan fingerprint density at radius 3 is 2.25 bits per heavy atom. The number of carbonyl (C=O) groups is 1. The summed E-state index contributed by atoms with van der Waals surface area (Å²) in [5, 5.41) is 2.78. The molecule has 1 aromatic rings. The van der Waals surface area contributed by atoms with Crippen LogP contribution in [0.3, 0.4) is 0 Å². The van der Waals surface area contributed by atoms with Crippen LogP contribution in [0.4, 0.5) is 0 Å². The first kappa shape index (κ1) is 19.1. The smallest absolute Gasteiger partial charge is 0.251 e. The number of hydrogen-bond acceptors (Lipinski definition) is 3. The van der Waals surface area contributed by atoms with Crippen molar-refractivity contribution in [3.05, 3.63) is 35.4 Å². The first-order valence-corrected chi connectivity index (χ1v) is 7.62. The molecule has 20 heavy (non-hydrogen) atoms. The molecule has 0 fully saturated rings. The van der Waals surface area contributed by atoms with Crippen LogP contribution in [0.2, 0.25) is 0 Å². The SMILES string of the molecule is CC(C)(C)S(=O)CCNC(=O)c1ccc(CN)cc1.Cl.